The molecule has 3 nitrogen and oxygen atoms in total. The van der Waals surface area contributed by atoms with Gasteiger partial charge in [0.1, 0.15) is 17.4 Å². The zero-order valence-corrected chi connectivity index (χ0v) is 11.4. The highest BCUT2D eigenvalue weighted by molar-refractivity contribution is 5.80. The van der Waals surface area contributed by atoms with E-state index in [0.717, 1.165) is 16.5 Å². The van der Waals surface area contributed by atoms with Crippen LogP contribution in [0.15, 0.2) is 28.7 Å². The maximum atomic E-state index is 10.2. The fourth-order valence-electron chi connectivity index (χ4n) is 2.04. The van der Waals surface area contributed by atoms with E-state index in [0.29, 0.717) is 12.2 Å². The van der Waals surface area contributed by atoms with E-state index in [9.17, 15) is 5.11 Å². The van der Waals surface area contributed by atoms with E-state index in [1.807, 2.05) is 45.0 Å². The Labute approximate surface area is 107 Å². The first kappa shape index (κ1) is 13.1. The molecule has 0 saturated heterocycles. The lowest BCUT2D eigenvalue weighted by Crippen LogP contribution is -2.25. The van der Waals surface area contributed by atoms with E-state index in [-0.39, 0.29) is 5.60 Å². The molecule has 1 heterocycles. The summed E-state index contributed by atoms with van der Waals surface area (Å²) in [6.07, 6.45) is -0.144. The van der Waals surface area contributed by atoms with Crippen molar-refractivity contribution < 1.29 is 14.3 Å². The molecule has 0 bridgehead atoms. The molecule has 0 aliphatic carbocycles. The number of hydrogen-bond acceptors (Lipinski definition) is 3. The van der Waals surface area contributed by atoms with E-state index >= 15 is 0 Å². The highest BCUT2D eigenvalue weighted by atomic mass is 16.5. The Morgan fingerprint density at radius 1 is 1.39 bits per heavy atom. The quantitative estimate of drug-likeness (QED) is 0.899. The van der Waals surface area contributed by atoms with Gasteiger partial charge in [0.2, 0.25) is 0 Å². The van der Waals surface area contributed by atoms with Crippen LogP contribution in [0.5, 0.6) is 0 Å². The molecule has 0 fully saturated rings. The summed E-state index contributed by atoms with van der Waals surface area (Å²) in [4.78, 5) is 0. The van der Waals surface area contributed by atoms with Crippen molar-refractivity contribution in [2.24, 2.45) is 0 Å². The second kappa shape index (κ2) is 4.75. The fraction of sp³-hybridized carbons (Fsp3) is 0.467. The molecule has 1 atom stereocenters. The molecule has 18 heavy (non-hydrogen) atoms. The fourth-order valence-corrected chi connectivity index (χ4v) is 2.04. The summed E-state index contributed by atoms with van der Waals surface area (Å²) in [5, 5.41) is 11.2. The Bertz CT molecular complexity index is 540. The highest BCUT2D eigenvalue weighted by Crippen LogP contribution is 2.31. The molecule has 0 saturated carbocycles. The Morgan fingerprint density at radius 3 is 2.72 bits per heavy atom. The number of hydrogen-bond donors (Lipinski definition) is 1. The summed E-state index contributed by atoms with van der Waals surface area (Å²) in [5.41, 5.74) is 1.56. The number of ether oxygens (including phenoxy) is 1. The standard InChI is InChI=1S/C15H20O3/c1-10-6-5-7-11-8-13(18-14(10)11)12(16)9-15(2,3)17-4/h5-8,12,16H,9H2,1-4H3. The van der Waals surface area contributed by atoms with Crippen molar-refractivity contribution in [3.63, 3.8) is 0 Å². The second-order valence-corrected chi connectivity index (χ2v) is 5.33. The monoisotopic (exact) mass is 248 g/mol. The van der Waals surface area contributed by atoms with Crippen LogP contribution in [0, 0.1) is 6.92 Å². The molecule has 0 aliphatic rings. The van der Waals surface area contributed by atoms with Crippen molar-refractivity contribution >= 4 is 11.0 Å². The van der Waals surface area contributed by atoms with Gasteiger partial charge in [0.05, 0.1) is 5.60 Å². The zero-order chi connectivity index (χ0) is 13.3. The second-order valence-electron chi connectivity index (χ2n) is 5.33. The average molecular weight is 248 g/mol. The number of benzene rings is 1. The van der Waals surface area contributed by atoms with Crippen LogP contribution >= 0.6 is 0 Å². The van der Waals surface area contributed by atoms with Gasteiger partial charge in [-0.2, -0.15) is 0 Å². The molecule has 98 valence electrons. The Hall–Kier alpha value is -1.32. The highest BCUT2D eigenvalue weighted by Gasteiger charge is 2.24. The van der Waals surface area contributed by atoms with Crippen LogP contribution in [0.25, 0.3) is 11.0 Å². The summed E-state index contributed by atoms with van der Waals surface area (Å²) in [7, 11) is 1.65. The van der Waals surface area contributed by atoms with E-state index < -0.39 is 6.10 Å². The molecule has 0 aliphatic heterocycles. The Kier molecular flexibility index (Phi) is 3.46. The van der Waals surface area contributed by atoms with Gasteiger partial charge in [0, 0.05) is 18.9 Å². The first-order valence-electron chi connectivity index (χ1n) is 6.15. The number of aliphatic hydroxyl groups excluding tert-OH is 1. The zero-order valence-electron chi connectivity index (χ0n) is 11.4. The van der Waals surface area contributed by atoms with Gasteiger partial charge in [-0.05, 0) is 32.4 Å². The number of para-hydroxylation sites is 1. The maximum absolute atomic E-state index is 10.2. The minimum atomic E-state index is -0.647. The molecule has 1 N–H and O–H groups in total. The van der Waals surface area contributed by atoms with Gasteiger partial charge in [-0.3, -0.25) is 0 Å². The van der Waals surface area contributed by atoms with E-state index in [4.69, 9.17) is 9.15 Å². The summed E-state index contributed by atoms with van der Waals surface area (Å²) < 4.78 is 11.1. The van der Waals surface area contributed by atoms with Gasteiger partial charge in [-0.15, -0.1) is 0 Å². The van der Waals surface area contributed by atoms with Crippen molar-refractivity contribution in [3.05, 3.63) is 35.6 Å². The first-order chi connectivity index (χ1) is 8.43. The molecule has 1 aromatic heterocycles. The molecule has 2 aromatic rings. The van der Waals surface area contributed by atoms with Crippen LogP contribution in [0.3, 0.4) is 0 Å². The SMILES string of the molecule is COC(C)(C)CC(O)c1cc2cccc(C)c2o1. The minimum absolute atomic E-state index is 0.368. The Morgan fingerprint density at radius 2 is 2.11 bits per heavy atom. The molecule has 0 radical (unpaired) electrons. The molecular weight excluding hydrogens is 228 g/mol. The predicted octanol–water partition coefficient (Wildman–Crippen LogP) is 3.59. The van der Waals surface area contributed by atoms with Crippen LogP contribution in [0.2, 0.25) is 0 Å². The number of aliphatic hydroxyl groups is 1. The molecule has 0 spiro atoms. The third-order valence-corrected chi connectivity index (χ3v) is 3.33. The van der Waals surface area contributed by atoms with Gasteiger partial charge < -0.3 is 14.3 Å². The number of aryl methyl sites for hydroxylation is 1. The smallest absolute Gasteiger partial charge is 0.137 e. The number of rotatable bonds is 4. The largest absolute Gasteiger partial charge is 0.458 e. The normalized spacial score (nSPS) is 14.1. The lowest BCUT2D eigenvalue weighted by molar-refractivity contribution is -0.0245. The van der Waals surface area contributed by atoms with Crippen molar-refractivity contribution in [1.82, 2.24) is 0 Å². The third kappa shape index (κ3) is 2.57. The summed E-state index contributed by atoms with van der Waals surface area (Å²) in [6.45, 7) is 5.90. The van der Waals surface area contributed by atoms with Crippen molar-refractivity contribution in [2.75, 3.05) is 7.11 Å². The van der Waals surface area contributed by atoms with E-state index in [1.54, 1.807) is 7.11 Å². The van der Waals surface area contributed by atoms with Gasteiger partial charge in [-0.1, -0.05) is 18.2 Å². The molecule has 2 rings (SSSR count). The van der Waals surface area contributed by atoms with E-state index in [2.05, 4.69) is 0 Å². The van der Waals surface area contributed by atoms with Crippen LogP contribution in [-0.4, -0.2) is 17.8 Å². The Balaban J connectivity index is 2.29. The van der Waals surface area contributed by atoms with Gasteiger partial charge in [-0.25, -0.2) is 0 Å². The van der Waals surface area contributed by atoms with Crippen molar-refractivity contribution in [3.8, 4) is 0 Å². The van der Waals surface area contributed by atoms with Gasteiger partial charge in [0.25, 0.3) is 0 Å². The lowest BCUT2D eigenvalue weighted by Gasteiger charge is -2.24. The maximum Gasteiger partial charge on any atom is 0.137 e. The molecule has 1 aromatic carbocycles. The summed E-state index contributed by atoms with van der Waals surface area (Å²) in [5.74, 6) is 0.601. The molecule has 1 unspecified atom stereocenters. The van der Waals surface area contributed by atoms with Crippen LogP contribution in [0.1, 0.15) is 37.7 Å². The number of methoxy groups -OCH3 is 1. The van der Waals surface area contributed by atoms with Crippen LogP contribution in [0.4, 0.5) is 0 Å². The van der Waals surface area contributed by atoms with Crippen LogP contribution in [-0.2, 0) is 4.74 Å². The van der Waals surface area contributed by atoms with Gasteiger partial charge >= 0.3 is 0 Å². The van der Waals surface area contributed by atoms with Gasteiger partial charge in [0.15, 0.2) is 0 Å². The predicted molar refractivity (Wildman–Crippen MR) is 71.6 cm³/mol. The van der Waals surface area contributed by atoms with E-state index in [1.165, 1.54) is 0 Å². The van der Waals surface area contributed by atoms with Crippen LogP contribution < -0.4 is 0 Å². The topological polar surface area (TPSA) is 42.6 Å². The molecule has 0 amide bonds. The average Bonchev–Trinajstić information content (AvgIpc) is 2.74. The number of furan rings is 1. The molecular formula is C15H20O3. The number of fused-ring (bicyclic) bond motifs is 1. The lowest BCUT2D eigenvalue weighted by atomic mass is 9.99. The van der Waals surface area contributed by atoms with Crippen molar-refractivity contribution in [2.45, 2.75) is 38.9 Å². The third-order valence-electron chi connectivity index (χ3n) is 3.33. The summed E-state index contributed by atoms with van der Waals surface area (Å²) in [6, 6.07) is 7.88. The summed E-state index contributed by atoms with van der Waals surface area (Å²) >= 11 is 0. The molecule has 3 heteroatoms. The minimum Gasteiger partial charge on any atom is -0.458 e. The van der Waals surface area contributed by atoms with Crippen molar-refractivity contribution in [1.29, 1.82) is 0 Å². The first-order valence-corrected chi connectivity index (χ1v) is 6.15.